The lowest BCUT2D eigenvalue weighted by molar-refractivity contribution is -0.138. The monoisotopic (exact) mass is 212 g/mol. The first-order chi connectivity index (χ1) is 6.90. The molecule has 2 rings (SSSR count). The van der Waals surface area contributed by atoms with Crippen LogP contribution in [0.4, 0.5) is 0 Å². The molecule has 2 saturated carbocycles. The van der Waals surface area contributed by atoms with E-state index in [0.29, 0.717) is 12.3 Å². The summed E-state index contributed by atoms with van der Waals surface area (Å²) in [7, 11) is 0. The van der Waals surface area contributed by atoms with Gasteiger partial charge in [-0.3, -0.25) is 4.79 Å². The molecule has 2 fully saturated rings. The fourth-order valence-electron chi connectivity index (χ4n) is 3.86. The van der Waals surface area contributed by atoms with E-state index in [4.69, 9.17) is 5.11 Å². The number of aliphatic carboxylic acids is 1. The normalized spacial score (nSPS) is 48.5. The Labute approximate surface area is 90.5 Å². The van der Waals surface area contributed by atoms with E-state index in [0.717, 1.165) is 19.3 Å². The zero-order chi connectivity index (χ0) is 11.3. The molecule has 0 heterocycles. The fraction of sp³-hybridized carbons (Fsp3) is 0.917. The van der Waals surface area contributed by atoms with Crippen molar-refractivity contribution in [1.29, 1.82) is 0 Å². The molecule has 0 spiro atoms. The summed E-state index contributed by atoms with van der Waals surface area (Å²) in [6, 6.07) is 0. The number of hydrogen-bond acceptors (Lipinski definition) is 2. The fourth-order valence-corrected chi connectivity index (χ4v) is 3.86. The highest BCUT2D eigenvalue weighted by molar-refractivity contribution is 5.66. The number of rotatable bonds is 3. The van der Waals surface area contributed by atoms with Crippen molar-refractivity contribution >= 4 is 5.97 Å². The SMILES string of the molecule is C[C@]12CC[C@H](C[C@@H]1O)[C@@]2(C)CCC(=O)O. The van der Waals surface area contributed by atoms with Crippen LogP contribution in [0.25, 0.3) is 0 Å². The van der Waals surface area contributed by atoms with Crippen molar-refractivity contribution in [3.05, 3.63) is 0 Å². The molecule has 86 valence electrons. The maximum absolute atomic E-state index is 10.7. The predicted molar refractivity (Wildman–Crippen MR) is 56.4 cm³/mol. The van der Waals surface area contributed by atoms with Gasteiger partial charge in [0.25, 0.3) is 0 Å². The van der Waals surface area contributed by atoms with Crippen LogP contribution in [0.5, 0.6) is 0 Å². The third kappa shape index (κ3) is 1.32. The molecule has 0 aromatic heterocycles. The van der Waals surface area contributed by atoms with Gasteiger partial charge in [0.15, 0.2) is 0 Å². The van der Waals surface area contributed by atoms with Crippen molar-refractivity contribution in [3.8, 4) is 0 Å². The highest BCUT2D eigenvalue weighted by Crippen LogP contribution is 2.67. The van der Waals surface area contributed by atoms with E-state index in [9.17, 15) is 9.90 Å². The number of hydrogen-bond donors (Lipinski definition) is 2. The van der Waals surface area contributed by atoms with Gasteiger partial charge >= 0.3 is 5.97 Å². The molecule has 0 aliphatic heterocycles. The Morgan fingerprint density at radius 3 is 2.53 bits per heavy atom. The van der Waals surface area contributed by atoms with E-state index in [1.807, 2.05) is 0 Å². The summed E-state index contributed by atoms with van der Waals surface area (Å²) in [5.41, 5.74) is -0.0159. The van der Waals surface area contributed by atoms with Crippen molar-refractivity contribution in [2.45, 2.75) is 52.1 Å². The second-order valence-electron chi connectivity index (χ2n) is 5.72. The van der Waals surface area contributed by atoms with Crippen molar-refractivity contribution in [2.24, 2.45) is 16.7 Å². The van der Waals surface area contributed by atoms with Crippen molar-refractivity contribution in [1.82, 2.24) is 0 Å². The zero-order valence-corrected chi connectivity index (χ0v) is 9.49. The van der Waals surface area contributed by atoms with Crippen LogP contribution in [0.3, 0.4) is 0 Å². The number of carboxylic acids is 1. The summed E-state index contributed by atoms with van der Waals surface area (Å²) in [6.07, 6.45) is 3.79. The number of aliphatic hydroxyl groups excluding tert-OH is 1. The van der Waals surface area contributed by atoms with Crippen molar-refractivity contribution in [3.63, 3.8) is 0 Å². The Balaban J connectivity index is 2.17. The molecule has 3 nitrogen and oxygen atoms in total. The lowest BCUT2D eigenvalue weighted by Gasteiger charge is -2.39. The lowest BCUT2D eigenvalue weighted by atomic mass is 9.66. The summed E-state index contributed by atoms with van der Waals surface area (Å²) in [5.74, 6) is -0.197. The average Bonchev–Trinajstić information content (AvgIpc) is 2.50. The van der Waals surface area contributed by atoms with Gasteiger partial charge in [0.1, 0.15) is 0 Å². The Kier molecular flexibility index (Phi) is 2.34. The summed E-state index contributed by atoms with van der Waals surface area (Å²) in [5, 5.41) is 18.8. The minimum Gasteiger partial charge on any atom is -0.481 e. The Bertz CT molecular complexity index is 289. The van der Waals surface area contributed by atoms with E-state index in [1.54, 1.807) is 0 Å². The average molecular weight is 212 g/mol. The van der Waals surface area contributed by atoms with Crippen molar-refractivity contribution < 1.29 is 15.0 Å². The topological polar surface area (TPSA) is 57.5 Å². The maximum Gasteiger partial charge on any atom is 0.303 e. The lowest BCUT2D eigenvalue weighted by Crippen LogP contribution is -2.37. The molecule has 0 saturated heterocycles. The van der Waals surface area contributed by atoms with E-state index >= 15 is 0 Å². The molecular weight excluding hydrogens is 192 g/mol. The first-order valence-corrected chi connectivity index (χ1v) is 5.80. The summed E-state index contributed by atoms with van der Waals surface area (Å²) in [6.45, 7) is 4.30. The van der Waals surface area contributed by atoms with Crippen LogP contribution >= 0.6 is 0 Å². The molecule has 4 atom stereocenters. The van der Waals surface area contributed by atoms with E-state index in [2.05, 4.69) is 13.8 Å². The smallest absolute Gasteiger partial charge is 0.303 e. The van der Waals surface area contributed by atoms with E-state index in [1.165, 1.54) is 0 Å². The molecule has 2 aliphatic carbocycles. The molecule has 0 aromatic rings. The number of aliphatic hydroxyl groups is 1. The van der Waals surface area contributed by atoms with Gasteiger partial charge in [0, 0.05) is 6.42 Å². The summed E-state index contributed by atoms with van der Waals surface area (Å²) in [4.78, 5) is 10.7. The van der Waals surface area contributed by atoms with Gasteiger partial charge in [-0.1, -0.05) is 13.8 Å². The Hall–Kier alpha value is -0.570. The minimum absolute atomic E-state index is 0.0325. The third-order valence-corrected chi connectivity index (χ3v) is 5.32. The third-order valence-electron chi connectivity index (χ3n) is 5.32. The van der Waals surface area contributed by atoms with Gasteiger partial charge in [-0.25, -0.2) is 0 Å². The molecule has 0 aromatic carbocycles. The van der Waals surface area contributed by atoms with E-state index in [-0.39, 0.29) is 23.4 Å². The molecule has 2 aliphatic rings. The van der Waals surface area contributed by atoms with Gasteiger partial charge < -0.3 is 10.2 Å². The Morgan fingerprint density at radius 1 is 1.47 bits per heavy atom. The summed E-state index contributed by atoms with van der Waals surface area (Å²) < 4.78 is 0. The standard InChI is InChI=1S/C12H20O3/c1-11(6-4-10(14)15)8-3-5-12(11,2)9(13)7-8/h8-9,13H,3-7H2,1-2H3,(H,14,15)/t8-,9+,11-,12+/m1/s1. The number of carbonyl (C=O) groups is 1. The second kappa shape index (κ2) is 3.21. The van der Waals surface area contributed by atoms with Gasteiger partial charge in [0.2, 0.25) is 0 Å². The molecule has 2 bridgehead atoms. The molecule has 3 heteroatoms. The highest BCUT2D eigenvalue weighted by atomic mass is 16.4. The molecule has 2 N–H and O–H groups in total. The van der Waals surface area contributed by atoms with Crippen LogP contribution in [0, 0.1) is 16.7 Å². The van der Waals surface area contributed by atoms with Gasteiger partial charge in [-0.15, -0.1) is 0 Å². The first kappa shape index (κ1) is 10.9. The maximum atomic E-state index is 10.7. The number of carboxylic acid groups (broad SMARTS) is 1. The van der Waals surface area contributed by atoms with Crippen LogP contribution in [0.1, 0.15) is 46.0 Å². The van der Waals surface area contributed by atoms with Crippen LogP contribution in [-0.4, -0.2) is 22.3 Å². The molecule has 15 heavy (non-hydrogen) atoms. The largest absolute Gasteiger partial charge is 0.481 e. The minimum atomic E-state index is -0.722. The van der Waals surface area contributed by atoms with Crippen LogP contribution in [-0.2, 0) is 4.79 Å². The first-order valence-electron chi connectivity index (χ1n) is 5.80. The van der Waals surface area contributed by atoms with Gasteiger partial charge in [-0.2, -0.15) is 0 Å². The molecule has 0 unspecified atom stereocenters. The van der Waals surface area contributed by atoms with Gasteiger partial charge in [0.05, 0.1) is 6.10 Å². The second-order valence-corrected chi connectivity index (χ2v) is 5.72. The van der Waals surface area contributed by atoms with Crippen LogP contribution < -0.4 is 0 Å². The summed E-state index contributed by atoms with van der Waals surface area (Å²) >= 11 is 0. The van der Waals surface area contributed by atoms with Crippen molar-refractivity contribution in [2.75, 3.05) is 0 Å². The van der Waals surface area contributed by atoms with Crippen LogP contribution in [0.15, 0.2) is 0 Å². The van der Waals surface area contributed by atoms with Crippen LogP contribution in [0.2, 0.25) is 0 Å². The molecule has 0 radical (unpaired) electrons. The molecular formula is C12H20O3. The van der Waals surface area contributed by atoms with E-state index < -0.39 is 5.97 Å². The highest BCUT2D eigenvalue weighted by Gasteiger charge is 2.62. The predicted octanol–water partition coefficient (Wildman–Crippen LogP) is 2.04. The zero-order valence-electron chi connectivity index (χ0n) is 9.49. The Morgan fingerprint density at radius 2 is 2.13 bits per heavy atom. The number of fused-ring (bicyclic) bond motifs is 2. The van der Waals surface area contributed by atoms with Gasteiger partial charge in [-0.05, 0) is 42.4 Å². The molecule has 0 amide bonds. The quantitative estimate of drug-likeness (QED) is 0.752.